The fourth-order valence-corrected chi connectivity index (χ4v) is 3.30. The number of carbonyl (C=O) groups is 1. The lowest BCUT2D eigenvalue weighted by Crippen LogP contribution is -2.24. The zero-order valence-electron chi connectivity index (χ0n) is 13.4. The molecule has 0 saturated heterocycles. The topological polar surface area (TPSA) is 98.4 Å². The second kappa shape index (κ2) is 6.56. The molecule has 130 valence electrons. The largest absolute Gasteiger partial charge is 0.420 e. The van der Waals surface area contributed by atoms with E-state index in [1.807, 2.05) is 0 Å². The van der Waals surface area contributed by atoms with Crippen LogP contribution in [0.1, 0.15) is 6.92 Å². The van der Waals surface area contributed by atoms with E-state index in [4.69, 9.17) is 4.42 Å². The Bertz CT molecular complexity index is 1080. The highest BCUT2D eigenvalue weighted by molar-refractivity contribution is 7.91. The van der Waals surface area contributed by atoms with Crippen molar-refractivity contribution in [2.75, 3.05) is 11.1 Å². The smallest absolute Gasteiger partial charge is 0.408 e. The number of hydrogen-bond acceptors (Lipinski definition) is 5. The third-order valence-corrected chi connectivity index (χ3v) is 5.50. The molecule has 8 heteroatoms. The molecule has 1 N–H and O–H groups in total. The van der Waals surface area contributed by atoms with Crippen molar-refractivity contribution in [3.63, 3.8) is 0 Å². The Labute approximate surface area is 143 Å². The SMILES string of the molecule is CCS(=O)(=O)c1ccc(NC(=O)Cn2c(=O)oc3ccccc32)cc1. The molecule has 0 atom stereocenters. The minimum Gasteiger partial charge on any atom is -0.408 e. The number of amides is 1. The third kappa shape index (κ3) is 3.48. The molecule has 0 radical (unpaired) electrons. The van der Waals surface area contributed by atoms with Gasteiger partial charge in [-0.15, -0.1) is 0 Å². The van der Waals surface area contributed by atoms with Crippen LogP contribution in [0.5, 0.6) is 0 Å². The van der Waals surface area contributed by atoms with Gasteiger partial charge in [0, 0.05) is 5.69 Å². The summed E-state index contributed by atoms with van der Waals surface area (Å²) in [5, 5.41) is 2.63. The van der Waals surface area contributed by atoms with E-state index in [0.29, 0.717) is 16.8 Å². The van der Waals surface area contributed by atoms with Gasteiger partial charge in [0.25, 0.3) is 0 Å². The minimum atomic E-state index is -3.28. The lowest BCUT2D eigenvalue weighted by atomic mass is 10.3. The summed E-state index contributed by atoms with van der Waals surface area (Å²) in [7, 11) is -3.28. The zero-order valence-corrected chi connectivity index (χ0v) is 14.2. The van der Waals surface area contributed by atoms with Gasteiger partial charge in [-0.1, -0.05) is 19.1 Å². The average molecular weight is 360 g/mol. The second-order valence-corrected chi connectivity index (χ2v) is 7.68. The van der Waals surface area contributed by atoms with Crippen molar-refractivity contribution in [2.45, 2.75) is 18.4 Å². The van der Waals surface area contributed by atoms with E-state index in [0.717, 1.165) is 0 Å². The number of anilines is 1. The number of oxazole rings is 1. The summed E-state index contributed by atoms with van der Waals surface area (Å²) < 4.78 is 29.9. The molecule has 0 saturated carbocycles. The zero-order chi connectivity index (χ0) is 18.0. The van der Waals surface area contributed by atoms with E-state index in [9.17, 15) is 18.0 Å². The molecular formula is C17H16N2O5S. The van der Waals surface area contributed by atoms with Crippen LogP contribution in [0.4, 0.5) is 5.69 Å². The van der Waals surface area contributed by atoms with Gasteiger partial charge in [-0.3, -0.25) is 9.36 Å². The highest BCUT2D eigenvalue weighted by Gasteiger charge is 2.14. The molecule has 1 amide bonds. The Morgan fingerprint density at radius 2 is 1.80 bits per heavy atom. The van der Waals surface area contributed by atoms with E-state index < -0.39 is 21.5 Å². The van der Waals surface area contributed by atoms with Crippen molar-refractivity contribution >= 4 is 32.5 Å². The first-order chi connectivity index (χ1) is 11.9. The van der Waals surface area contributed by atoms with Gasteiger partial charge in [-0.25, -0.2) is 13.2 Å². The number of benzene rings is 2. The first kappa shape index (κ1) is 17.0. The number of carbonyl (C=O) groups excluding carboxylic acids is 1. The summed E-state index contributed by atoms with van der Waals surface area (Å²) in [6, 6.07) is 12.7. The standard InChI is InChI=1S/C17H16N2O5S/c1-2-25(22,23)13-9-7-12(8-10-13)18-16(20)11-19-14-5-3-4-6-15(14)24-17(19)21/h3-10H,2,11H2,1H3,(H,18,20). The lowest BCUT2D eigenvalue weighted by molar-refractivity contribution is -0.116. The number of rotatable bonds is 5. The lowest BCUT2D eigenvalue weighted by Gasteiger charge is -2.07. The molecule has 3 aromatic rings. The molecule has 25 heavy (non-hydrogen) atoms. The number of nitrogens with one attached hydrogen (secondary N) is 1. The van der Waals surface area contributed by atoms with Crippen LogP contribution in [0.2, 0.25) is 0 Å². The average Bonchev–Trinajstić information content (AvgIpc) is 2.91. The molecule has 1 heterocycles. The quantitative estimate of drug-likeness (QED) is 0.751. The van der Waals surface area contributed by atoms with Crippen LogP contribution in [0.15, 0.2) is 62.6 Å². The van der Waals surface area contributed by atoms with Gasteiger partial charge in [0.1, 0.15) is 6.54 Å². The molecule has 0 aliphatic carbocycles. The summed E-state index contributed by atoms with van der Waals surface area (Å²) in [4.78, 5) is 24.2. The van der Waals surface area contributed by atoms with Crippen LogP contribution in [0.25, 0.3) is 11.1 Å². The molecule has 1 aromatic heterocycles. The van der Waals surface area contributed by atoms with E-state index in [1.54, 1.807) is 31.2 Å². The number of fused-ring (bicyclic) bond motifs is 1. The Kier molecular flexibility index (Phi) is 4.45. The number of nitrogens with zero attached hydrogens (tertiary/aromatic N) is 1. The summed E-state index contributed by atoms with van der Waals surface area (Å²) in [6.45, 7) is 1.36. The summed E-state index contributed by atoms with van der Waals surface area (Å²) in [5.41, 5.74) is 1.39. The normalized spacial score (nSPS) is 11.6. The molecule has 2 aromatic carbocycles. The van der Waals surface area contributed by atoms with Crippen molar-refractivity contribution in [3.05, 3.63) is 59.1 Å². The van der Waals surface area contributed by atoms with E-state index in [-0.39, 0.29) is 17.2 Å². The summed E-state index contributed by atoms with van der Waals surface area (Å²) >= 11 is 0. The van der Waals surface area contributed by atoms with Gasteiger partial charge in [0.05, 0.1) is 16.2 Å². The van der Waals surface area contributed by atoms with Crippen LogP contribution in [-0.4, -0.2) is 24.6 Å². The number of sulfone groups is 1. The molecule has 0 aliphatic rings. The third-order valence-electron chi connectivity index (χ3n) is 3.75. The monoisotopic (exact) mass is 360 g/mol. The van der Waals surface area contributed by atoms with Gasteiger partial charge in [-0.2, -0.15) is 0 Å². The molecule has 0 fully saturated rings. The van der Waals surface area contributed by atoms with Crippen molar-refractivity contribution in [3.8, 4) is 0 Å². The van der Waals surface area contributed by atoms with Crippen LogP contribution >= 0.6 is 0 Å². The number of aromatic nitrogens is 1. The Morgan fingerprint density at radius 3 is 2.48 bits per heavy atom. The van der Waals surface area contributed by atoms with Crippen LogP contribution < -0.4 is 11.1 Å². The molecule has 0 unspecified atom stereocenters. The van der Waals surface area contributed by atoms with Crippen molar-refractivity contribution in [1.29, 1.82) is 0 Å². The van der Waals surface area contributed by atoms with Crippen LogP contribution in [-0.2, 0) is 21.2 Å². The molecular weight excluding hydrogens is 344 g/mol. The first-order valence-corrected chi connectivity index (χ1v) is 9.27. The summed E-state index contributed by atoms with van der Waals surface area (Å²) in [5.74, 6) is -1.02. The summed E-state index contributed by atoms with van der Waals surface area (Å²) in [6.07, 6.45) is 0. The fourth-order valence-electron chi connectivity index (χ4n) is 2.42. The highest BCUT2D eigenvalue weighted by atomic mass is 32.2. The fraction of sp³-hybridized carbons (Fsp3) is 0.176. The predicted molar refractivity (Wildman–Crippen MR) is 93.3 cm³/mol. The predicted octanol–water partition coefficient (Wildman–Crippen LogP) is 2.03. The van der Waals surface area contributed by atoms with Gasteiger partial charge < -0.3 is 9.73 Å². The van der Waals surface area contributed by atoms with Gasteiger partial charge in [-0.05, 0) is 36.4 Å². The van der Waals surface area contributed by atoms with Gasteiger partial charge in [0.2, 0.25) is 5.91 Å². The Morgan fingerprint density at radius 1 is 1.12 bits per heavy atom. The van der Waals surface area contributed by atoms with E-state index in [2.05, 4.69) is 5.32 Å². The van der Waals surface area contributed by atoms with Gasteiger partial charge in [0.15, 0.2) is 15.4 Å². The molecule has 0 spiro atoms. The van der Waals surface area contributed by atoms with Crippen molar-refractivity contribution in [1.82, 2.24) is 4.57 Å². The van der Waals surface area contributed by atoms with Crippen LogP contribution in [0.3, 0.4) is 0 Å². The Hall–Kier alpha value is -2.87. The first-order valence-electron chi connectivity index (χ1n) is 7.62. The molecule has 7 nitrogen and oxygen atoms in total. The maximum absolute atomic E-state index is 12.2. The molecule has 0 bridgehead atoms. The second-order valence-electron chi connectivity index (χ2n) is 5.40. The van der Waals surface area contributed by atoms with Crippen molar-refractivity contribution in [2.24, 2.45) is 0 Å². The van der Waals surface area contributed by atoms with E-state index in [1.165, 1.54) is 28.8 Å². The minimum absolute atomic E-state index is 0.00911. The van der Waals surface area contributed by atoms with Crippen LogP contribution in [0, 0.1) is 0 Å². The number of para-hydroxylation sites is 2. The maximum Gasteiger partial charge on any atom is 0.420 e. The molecule has 3 rings (SSSR count). The highest BCUT2D eigenvalue weighted by Crippen LogP contribution is 2.16. The Balaban J connectivity index is 1.76. The van der Waals surface area contributed by atoms with Crippen molar-refractivity contribution < 1.29 is 17.6 Å². The molecule has 0 aliphatic heterocycles. The van der Waals surface area contributed by atoms with Gasteiger partial charge >= 0.3 is 5.76 Å². The number of hydrogen-bond donors (Lipinski definition) is 1. The maximum atomic E-state index is 12.2. The van der Waals surface area contributed by atoms with E-state index >= 15 is 0 Å².